The van der Waals surface area contributed by atoms with E-state index in [1.54, 1.807) is 74.2 Å². The number of nitrogens with zero attached hydrogens (tertiary/aromatic N) is 2. The Bertz CT molecular complexity index is 1010. The fraction of sp³-hybridized carbons (Fsp3) is 0.190. The van der Waals surface area contributed by atoms with Gasteiger partial charge in [0, 0.05) is 24.0 Å². The van der Waals surface area contributed by atoms with Gasteiger partial charge in [-0.15, -0.1) is 0 Å². The fourth-order valence-corrected chi connectivity index (χ4v) is 2.77. The monoisotopic (exact) mass is 397 g/mol. The van der Waals surface area contributed by atoms with Crippen LogP contribution < -0.4 is 10.1 Å². The summed E-state index contributed by atoms with van der Waals surface area (Å²) >= 11 is 6.03. The maximum Gasteiger partial charge on any atom is 0.321 e. The molecule has 1 heterocycles. The predicted octanol–water partition coefficient (Wildman–Crippen LogP) is 4.21. The second-order valence-corrected chi connectivity index (χ2v) is 7.34. The van der Waals surface area contributed by atoms with Gasteiger partial charge in [0.1, 0.15) is 5.75 Å². The van der Waals surface area contributed by atoms with Gasteiger partial charge in [-0.25, -0.2) is 0 Å². The average molecular weight is 398 g/mol. The summed E-state index contributed by atoms with van der Waals surface area (Å²) in [5.74, 6) is -0.277. The number of carbonyl (C=O) groups is 2. The fourth-order valence-electron chi connectivity index (χ4n) is 2.58. The van der Waals surface area contributed by atoms with Gasteiger partial charge in [-0.05, 0) is 55.8 Å². The van der Waals surface area contributed by atoms with Crippen molar-refractivity contribution in [2.75, 3.05) is 5.32 Å². The van der Waals surface area contributed by atoms with Crippen molar-refractivity contribution in [1.29, 1.82) is 0 Å². The SMILES string of the molecule is Cn1cc(C(=O)Nc2ccc(OC(=O)C(C)(C)c3cccc(Cl)c3)cc2)cn1. The summed E-state index contributed by atoms with van der Waals surface area (Å²) in [6.45, 7) is 3.56. The van der Waals surface area contributed by atoms with Crippen LogP contribution in [0.1, 0.15) is 29.8 Å². The van der Waals surface area contributed by atoms with Gasteiger partial charge in [-0.3, -0.25) is 14.3 Å². The Balaban J connectivity index is 1.66. The number of amides is 1. The number of aryl methyl sites for hydroxylation is 1. The summed E-state index contributed by atoms with van der Waals surface area (Å²) in [7, 11) is 1.74. The van der Waals surface area contributed by atoms with Gasteiger partial charge in [0.25, 0.3) is 5.91 Å². The number of aromatic nitrogens is 2. The third-order valence-electron chi connectivity index (χ3n) is 4.35. The van der Waals surface area contributed by atoms with Crippen LogP contribution in [0.25, 0.3) is 0 Å². The highest BCUT2D eigenvalue weighted by molar-refractivity contribution is 6.30. The van der Waals surface area contributed by atoms with E-state index in [0.717, 1.165) is 5.56 Å². The van der Waals surface area contributed by atoms with E-state index in [1.807, 2.05) is 6.07 Å². The molecule has 0 unspecified atom stereocenters. The molecule has 1 amide bonds. The molecule has 1 N–H and O–H groups in total. The lowest BCUT2D eigenvalue weighted by molar-refractivity contribution is -0.139. The largest absolute Gasteiger partial charge is 0.426 e. The Kier molecular flexibility index (Phi) is 5.51. The molecule has 7 heteroatoms. The van der Waals surface area contributed by atoms with E-state index in [4.69, 9.17) is 16.3 Å². The van der Waals surface area contributed by atoms with Gasteiger partial charge < -0.3 is 10.1 Å². The van der Waals surface area contributed by atoms with E-state index in [0.29, 0.717) is 22.0 Å². The number of halogens is 1. The van der Waals surface area contributed by atoms with Crippen molar-refractivity contribution in [3.63, 3.8) is 0 Å². The van der Waals surface area contributed by atoms with Crippen molar-refractivity contribution >= 4 is 29.2 Å². The lowest BCUT2D eigenvalue weighted by Crippen LogP contribution is -2.33. The number of rotatable bonds is 5. The molecule has 3 rings (SSSR count). The standard InChI is InChI=1S/C21H20ClN3O3/c1-21(2,15-5-4-6-16(22)11-15)20(27)28-18-9-7-17(8-10-18)24-19(26)14-12-23-25(3)13-14/h4-13H,1-3H3,(H,24,26). The van der Waals surface area contributed by atoms with Crippen LogP contribution in [0.4, 0.5) is 5.69 Å². The molecular formula is C21H20ClN3O3. The number of carbonyl (C=O) groups excluding carboxylic acids is 2. The van der Waals surface area contributed by atoms with Gasteiger partial charge in [0.2, 0.25) is 0 Å². The van der Waals surface area contributed by atoms with Crippen molar-refractivity contribution in [3.05, 3.63) is 77.1 Å². The van der Waals surface area contributed by atoms with Crippen LogP contribution in [0.15, 0.2) is 60.9 Å². The Morgan fingerprint density at radius 1 is 1.14 bits per heavy atom. The van der Waals surface area contributed by atoms with E-state index in [9.17, 15) is 9.59 Å². The van der Waals surface area contributed by atoms with Gasteiger partial charge in [-0.2, -0.15) is 5.10 Å². The normalized spacial score (nSPS) is 11.1. The second-order valence-electron chi connectivity index (χ2n) is 6.91. The van der Waals surface area contributed by atoms with E-state index >= 15 is 0 Å². The number of esters is 1. The Morgan fingerprint density at radius 2 is 1.86 bits per heavy atom. The zero-order valence-electron chi connectivity index (χ0n) is 15.8. The molecule has 0 aliphatic rings. The van der Waals surface area contributed by atoms with Crippen LogP contribution in [0.5, 0.6) is 5.75 Å². The van der Waals surface area contributed by atoms with Crippen molar-refractivity contribution in [2.45, 2.75) is 19.3 Å². The number of ether oxygens (including phenoxy) is 1. The molecule has 0 radical (unpaired) electrons. The van der Waals surface area contributed by atoms with Crippen LogP contribution in [0, 0.1) is 0 Å². The van der Waals surface area contributed by atoms with E-state index in [2.05, 4.69) is 10.4 Å². The first-order valence-electron chi connectivity index (χ1n) is 8.64. The number of benzene rings is 2. The molecule has 0 aliphatic carbocycles. The van der Waals surface area contributed by atoms with Crippen LogP contribution in [-0.4, -0.2) is 21.7 Å². The number of nitrogens with one attached hydrogen (secondary N) is 1. The van der Waals surface area contributed by atoms with Crippen LogP contribution >= 0.6 is 11.6 Å². The summed E-state index contributed by atoms with van der Waals surface area (Å²) in [6, 6.07) is 13.7. The summed E-state index contributed by atoms with van der Waals surface area (Å²) in [6.07, 6.45) is 3.12. The first kappa shape index (κ1) is 19.6. The predicted molar refractivity (Wildman–Crippen MR) is 108 cm³/mol. The first-order chi connectivity index (χ1) is 13.3. The number of anilines is 1. The highest BCUT2D eigenvalue weighted by Gasteiger charge is 2.32. The highest BCUT2D eigenvalue weighted by Crippen LogP contribution is 2.28. The van der Waals surface area contributed by atoms with Gasteiger partial charge in [0.15, 0.2) is 0 Å². The lowest BCUT2D eigenvalue weighted by atomic mass is 9.85. The Morgan fingerprint density at radius 3 is 2.46 bits per heavy atom. The van der Waals surface area contributed by atoms with Crippen LogP contribution in [0.2, 0.25) is 5.02 Å². The summed E-state index contributed by atoms with van der Waals surface area (Å²) in [4.78, 5) is 24.8. The maximum atomic E-state index is 12.7. The van der Waals surface area contributed by atoms with Gasteiger partial charge >= 0.3 is 5.97 Å². The smallest absolute Gasteiger partial charge is 0.321 e. The molecule has 6 nitrogen and oxygen atoms in total. The molecule has 0 saturated carbocycles. The first-order valence-corrected chi connectivity index (χ1v) is 9.02. The van der Waals surface area contributed by atoms with Gasteiger partial charge in [0.05, 0.1) is 17.2 Å². The van der Waals surface area contributed by atoms with Crippen LogP contribution in [-0.2, 0) is 17.3 Å². The molecule has 3 aromatic rings. The lowest BCUT2D eigenvalue weighted by Gasteiger charge is -2.23. The molecule has 144 valence electrons. The molecular weight excluding hydrogens is 378 g/mol. The van der Waals surface area contributed by atoms with Crippen molar-refractivity contribution < 1.29 is 14.3 Å². The molecule has 0 fully saturated rings. The highest BCUT2D eigenvalue weighted by atomic mass is 35.5. The third-order valence-corrected chi connectivity index (χ3v) is 4.58. The zero-order chi connectivity index (χ0) is 20.3. The van der Waals surface area contributed by atoms with Gasteiger partial charge in [-0.1, -0.05) is 23.7 Å². The average Bonchev–Trinajstić information content (AvgIpc) is 3.10. The zero-order valence-corrected chi connectivity index (χ0v) is 16.5. The van der Waals surface area contributed by atoms with Crippen molar-refractivity contribution in [1.82, 2.24) is 9.78 Å². The maximum absolute atomic E-state index is 12.7. The Labute approximate surface area is 168 Å². The number of hydrogen-bond acceptors (Lipinski definition) is 4. The molecule has 0 saturated heterocycles. The quantitative estimate of drug-likeness (QED) is 0.517. The minimum atomic E-state index is -0.863. The summed E-state index contributed by atoms with van der Waals surface area (Å²) in [5.41, 5.74) is 0.951. The molecule has 0 aliphatic heterocycles. The minimum Gasteiger partial charge on any atom is -0.426 e. The van der Waals surface area contributed by atoms with Crippen molar-refractivity contribution in [3.8, 4) is 5.75 Å². The molecule has 28 heavy (non-hydrogen) atoms. The Hall–Kier alpha value is -3.12. The topological polar surface area (TPSA) is 73.2 Å². The van der Waals surface area contributed by atoms with E-state index in [-0.39, 0.29) is 5.91 Å². The molecule has 0 atom stereocenters. The summed E-state index contributed by atoms with van der Waals surface area (Å²) in [5, 5.41) is 7.30. The second kappa shape index (κ2) is 7.86. The van der Waals surface area contributed by atoms with Crippen molar-refractivity contribution in [2.24, 2.45) is 7.05 Å². The van der Waals surface area contributed by atoms with E-state index in [1.165, 1.54) is 6.20 Å². The third kappa shape index (κ3) is 4.40. The number of hydrogen-bond donors (Lipinski definition) is 1. The minimum absolute atomic E-state index is 0.264. The summed E-state index contributed by atoms with van der Waals surface area (Å²) < 4.78 is 7.07. The molecule has 2 aromatic carbocycles. The molecule has 1 aromatic heterocycles. The van der Waals surface area contributed by atoms with E-state index < -0.39 is 11.4 Å². The molecule has 0 spiro atoms. The van der Waals surface area contributed by atoms with Crippen LogP contribution in [0.3, 0.4) is 0 Å². The molecule has 0 bridgehead atoms.